The number of piperidine rings is 1. The standard InChI is InChI=1S/C15H30N2O/c1-4-15(3)10-14(7-9-18-15)17-8-5-6-13(11-17)12(2)16/h12-14H,4-11,16H2,1-3H3. The highest BCUT2D eigenvalue weighted by atomic mass is 16.5. The van der Waals surface area contributed by atoms with E-state index in [-0.39, 0.29) is 5.60 Å². The van der Waals surface area contributed by atoms with E-state index in [1.54, 1.807) is 0 Å². The minimum Gasteiger partial charge on any atom is -0.375 e. The molecule has 0 aromatic rings. The van der Waals surface area contributed by atoms with Crippen molar-refractivity contribution in [2.75, 3.05) is 19.7 Å². The van der Waals surface area contributed by atoms with Crippen LogP contribution in [-0.4, -0.2) is 42.3 Å². The molecule has 106 valence electrons. The number of nitrogens with two attached hydrogens (primary N) is 1. The van der Waals surface area contributed by atoms with Crippen LogP contribution < -0.4 is 5.73 Å². The lowest BCUT2D eigenvalue weighted by molar-refractivity contribution is -0.101. The van der Waals surface area contributed by atoms with Gasteiger partial charge in [-0.15, -0.1) is 0 Å². The van der Waals surface area contributed by atoms with Crippen LogP contribution in [0.25, 0.3) is 0 Å². The van der Waals surface area contributed by atoms with E-state index in [0.717, 1.165) is 13.0 Å². The second-order valence-electron chi connectivity index (χ2n) is 6.55. The molecule has 0 aromatic heterocycles. The van der Waals surface area contributed by atoms with Gasteiger partial charge in [0.2, 0.25) is 0 Å². The van der Waals surface area contributed by atoms with Gasteiger partial charge in [-0.25, -0.2) is 0 Å². The second kappa shape index (κ2) is 5.89. The summed E-state index contributed by atoms with van der Waals surface area (Å²) in [5, 5.41) is 0. The topological polar surface area (TPSA) is 38.5 Å². The van der Waals surface area contributed by atoms with Gasteiger partial charge in [0.15, 0.2) is 0 Å². The minimum absolute atomic E-state index is 0.101. The molecule has 3 nitrogen and oxygen atoms in total. The summed E-state index contributed by atoms with van der Waals surface area (Å²) in [5.41, 5.74) is 6.19. The molecule has 0 radical (unpaired) electrons. The van der Waals surface area contributed by atoms with E-state index in [0.29, 0.717) is 18.0 Å². The smallest absolute Gasteiger partial charge is 0.0666 e. The van der Waals surface area contributed by atoms with Crippen LogP contribution in [0.3, 0.4) is 0 Å². The Morgan fingerprint density at radius 1 is 1.44 bits per heavy atom. The van der Waals surface area contributed by atoms with Gasteiger partial charge in [0, 0.05) is 25.2 Å². The van der Waals surface area contributed by atoms with Crippen molar-refractivity contribution in [3.05, 3.63) is 0 Å². The number of likely N-dealkylation sites (tertiary alicyclic amines) is 1. The average Bonchev–Trinajstić information content (AvgIpc) is 2.39. The van der Waals surface area contributed by atoms with Crippen LogP contribution in [0.15, 0.2) is 0 Å². The molecule has 0 saturated carbocycles. The SMILES string of the molecule is CCC1(C)CC(N2CCCC(C(C)N)C2)CCO1. The molecule has 0 spiro atoms. The van der Waals surface area contributed by atoms with Crippen LogP contribution in [0.2, 0.25) is 0 Å². The Kier molecular flexibility index (Phi) is 4.68. The van der Waals surface area contributed by atoms with Crippen molar-refractivity contribution >= 4 is 0 Å². The third kappa shape index (κ3) is 3.25. The molecular formula is C15H30N2O. The molecule has 0 aliphatic carbocycles. The summed E-state index contributed by atoms with van der Waals surface area (Å²) in [5.74, 6) is 0.689. The Bertz CT molecular complexity index is 269. The Morgan fingerprint density at radius 3 is 2.89 bits per heavy atom. The summed E-state index contributed by atoms with van der Waals surface area (Å²) in [6, 6.07) is 1.05. The maximum Gasteiger partial charge on any atom is 0.0666 e. The third-order valence-corrected chi connectivity index (χ3v) is 5.07. The summed E-state index contributed by atoms with van der Waals surface area (Å²) in [7, 11) is 0. The Hall–Kier alpha value is -0.120. The van der Waals surface area contributed by atoms with Crippen LogP contribution in [0.1, 0.15) is 52.9 Å². The van der Waals surface area contributed by atoms with Crippen LogP contribution in [0.4, 0.5) is 0 Å². The fourth-order valence-corrected chi connectivity index (χ4v) is 3.46. The molecule has 2 heterocycles. The zero-order chi connectivity index (χ0) is 13.2. The van der Waals surface area contributed by atoms with Crippen LogP contribution in [0, 0.1) is 5.92 Å². The van der Waals surface area contributed by atoms with Crippen molar-refractivity contribution in [2.24, 2.45) is 11.7 Å². The lowest BCUT2D eigenvalue weighted by Gasteiger charge is -2.45. The van der Waals surface area contributed by atoms with Gasteiger partial charge in [0.1, 0.15) is 0 Å². The first-order valence-corrected chi connectivity index (χ1v) is 7.67. The largest absolute Gasteiger partial charge is 0.375 e. The zero-order valence-corrected chi connectivity index (χ0v) is 12.3. The molecule has 2 aliphatic rings. The van der Waals surface area contributed by atoms with Gasteiger partial charge in [0.25, 0.3) is 0 Å². The van der Waals surface area contributed by atoms with Crippen molar-refractivity contribution in [1.29, 1.82) is 0 Å². The van der Waals surface area contributed by atoms with E-state index in [9.17, 15) is 0 Å². The van der Waals surface area contributed by atoms with Gasteiger partial charge in [-0.05, 0) is 58.4 Å². The van der Waals surface area contributed by atoms with E-state index in [2.05, 4.69) is 25.7 Å². The van der Waals surface area contributed by atoms with Gasteiger partial charge in [-0.2, -0.15) is 0 Å². The van der Waals surface area contributed by atoms with Gasteiger partial charge in [-0.3, -0.25) is 4.90 Å². The first kappa shape index (κ1) is 14.3. The molecule has 3 heteroatoms. The maximum absolute atomic E-state index is 6.09. The molecule has 0 aromatic carbocycles. The van der Waals surface area contributed by atoms with E-state index in [4.69, 9.17) is 10.5 Å². The predicted molar refractivity (Wildman–Crippen MR) is 75.6 cm³/mol. The molecule has 2 fully saturated rings. The Balaban J connectivity index is 1.94. The molecule has 2 rings (SSSR count). The molecular weight excluding hydrogens is 224 g/mol. The fourth-order valence-electron chi connectivity index (χ4n) is 3.46. The lowest BCUT2D eigenvalue weighted by Crippen LogP contribution is -2.52. The number of rotatable bonds is 3. The highest BCUT2D eigenvalue weighted by molar-refractivity contribution is 4.90. The molecule has 2 N–H and O–H groups in total. The van der Waals surface area contributed by atoms with Crippen LogP contribution in [-0.2, 0) is 4.74 Å². The van der Waals surface area contributed by atoms with Crippen LogP contribution in [0.5, 0.6) is 0 Å². The van der Waals surface area contributed by atoms with Crippen LogP contribution >= 0.6 is 0 Å². The molecule has 18 heavy (non-hydrogen) atoms. The average molecular weight is 254 g/mol. The lowest BCUT2D eigenvalue weighted by atomic mass is 9.86. The zero-order valence-electron chi connectivity index (χ0n) is 12.3. The van der Waals surface area contributed by atoms with E-state index in [1.165, 1.54) is 38.8 Å². The molecule has 0 bridgehead atoms. The van der Waals surface area contributed by atoms with E-state index >= 15 is 0 Å². The molecule has 2 aliphatic heterocycles. The summed E-state index contributed by atoms with van der Waals surface area (Å²) >= 11 is 0. The molecule has 0 amide bonds. The Morgan fingerprint density at radius 2 is 2.22 bits per heavy atom. The molecule has 4 unspecified atom stereocenters. The fraction of sp³-hybridized carbons (Fsp3) is 1.00. The van der Waals surface area contributed by atoms with E-state index < -0.39 is 0 Å². The summed E-state index contributed by atoms with van der Waals surface area (Å²) in [4.78, 5) is 2.69. The number of hydrogen-bond acceptors (Lipinski definition) is 3. The summed E-state index contributed by atoms with van der Waals surface area (Å²) in [6.07, 6.45) is 6.12. The van der Waals surface area contributed by atoms with Crippen molar-refractivity contribution in [3.8, 4) is 0 Å². The first-order chi connectivity index (χ1) is 8.54. The monoisotopic (exact) mass is 254 g/mol. The number of hydrogen-bond donors (Lipinski definition) is 1. The van der Waals surface area contributed by atoms with Crippen molar-refractivity contribution in [3.63, 3.8) is 0 Å². The number of nitrogens with zero attached hydrogens (tertiary/aromatic N) is 1. The van der Waals surface area contributed by atoms with Crippen molar-refractivity contribution in [1.82, 2.24) is 4.90 Å². The summed E-state index contributed by atoms with van der Waals surface area (Å²) < 4.78 is 5.96. The van der Waals surface area contributed by atoms with Gasteiger partial charge >= 0.3 is 0 Å². The third-order valence-electron chi connectivity index (χ3n) is 5.07. The predicted octanol–water partition coefficient (Wildman–Crippen LogP) is 2.39. The minimum atomic E-state index is 0.101. The second-order valence-corrected chi connectivity index (χ2v) is 6.55. The Labute approximate surface area is 112 Å². The number of ether oxygens (including phenoxy) is 1. The highest BCUT2D eigenvalue weighted by Gasteiger charge is 2.36. The first-order valence-electron chi connectivity index (χ1n) is 7.67. The van der Waals surface area contributed by atoms with Gasteiger partial charge in [-0.1, -0.05) is 6.92 Å². The normalized spacial score (nSPS) is 40.7. The highest BCUT2D eigenvalue weighted by Crippen LogP contribution is 2.32. The van der Waals surface area contributed by atoms with Gasteiger partial charge in [0.05, 0.1) is 5.60 Å². The molecule has 4 atom stereocenters. The quantitative estimate of drug-likeness (QED) is 0.840. The van der Waals surface area contributed by atoms with E-state index in [1.807, 2.05) is 0 Å². The summed E-state index contributed by atoms with van der Waals surface area (Å²) in [6.45, 7) is 10.0. The maximum atomic E-state index is 6.09. The van der Waals surface area contributed by atoms with Crippen molar-refractivity contribution in [2.45, 2.75) is 70.6 Å². The van der Waals surface area contributed by atoms with Crippen molar-refractivity contribution < 1.29 is 4.74 Å². The molecule has 2 saturated heterocycles. The van der Waals surface area contributed by atoms with Gasteiger partial charge < -0.3 is 10.5 Å².